The molecule has 178 valence electrons. The summed E-state index contributed by atoms with van der Waals surface area (Å²) in [7, 11) is 1.31. The second-order valence-corrected chi connectivity index (χ2v) is 8.18. The average Bonchev–Trinajstić information content (AvgIpc) is 3.35. The molecule has 1 aliphatic rings. The van der Waals surface area contributed by atoms with Gasteiger partial charge in [-0.3, -0.25) is 25.3 Å². The monoisotopic (exact) mass is 479 g/mol. The van der Waals surface area contributed by atoms with Crippen molar-refractivity contribution in [1.29, 1.82) is 0 Å². The van der Waals surface area contributed by atoms with E-state index in [4.69, 9.17) is 21.2 Å². The normalized spacial score (nSPS) is 14.5. The Morgan fingerprint density at radius 1 is 1.30 bits per heavy atom. The standard InChI is InChI=1S/C22H27ClFN5O4/c1-32-22-25-19(23)18(24)20(26-22)27-28-21(31)17(11-15-7-5-6-8-15)12-29(14-30)33-13-16-9-3-2-4-10-16/h2-4,9-10,14-15,17H,5-8,11-13H2,1H3,(H,28,31)(H,25,26,27)/t17-/m0/s1. The third-order valence-corrected chi connectivity index (χ3v) is 5.75. The molecule has 0 radical (unpaired) electrons. The van der Waals surface area contributed by atoms with Gasteiger partial charge in [0.25, 0.3) is 0 Å². The Morgan fingerprint density at radius 3 is 2.70 bits per heavy atom. The molecule has 0 saturated heterocycles. The first-order chi connectivity index (χ1) is 16.0. The highest BCUT2D eigenvalue weighted by atomic mass is 35.5. The summed E-state index contributed by atoms with van der Waals surface area (Å²) in [4.78, 5) is 37.6. The molecule has 0 unspecified atom stereocenters. The summed E-state index contributed by atoms with van der Waals surface area (Å²) in [6.45, 7) is 0.247. The van der Waals surface area contributed by atoms with Crippen molar-refractivity contribution in [2.45, 2.75) is 38.7 Å². The van der Waals surface area contributed by atoms with Crippen molar-refractivity contribution in [2.24, 2.45) is 11.8 Å². The van der Waals surface area contributed by atoms with E-state index in [1.54, 1.807) is 0 Å². The first kappa shape index (κ1) is 24.7. The van der Waals surface area contributed by atoms with E-state index in [1.807, 2.05) is 30.3 Å². The van der Waals surface area contributed by atoms with Gasteiger partial charge in [-0.1, -0.05) is 67.6 Å². The van der Waals surface area contributed by atoms with Crippen LogP contribution in [0, 0.1) is 17.7 Å². The predicted octanol–water partition coefficient (Wildman–Crippen LogP) is 3.51. The zero-order valence-corrected chi connectivity index (χ0v) is 19.1. The lowest BCUT2D eigenvalue weighted by molar-refractivity contribution is -0.182. The molecule has 0 aliphatic heterocycles. The lowest BCUT2D eigenvalue weighted by Gasteiger charge is -2.25. The van der Waals surface area contributed by atoms with Gasteiger partial charge in [-0.15, -0.1) is 0 Å². The number of rotatable bonds is 12. The number of nitrogens with one attached hydrogen (secondary N) is 2. The molecule has 2 N–H and O–H groups in total. The topological polar surface area (TPSA) is 106 Å². The molecule has 9 nitrogen and oxygen atoms in total. The molecule has 1 aliphatic carbocycles. The van der Waals surface area contributed by atoms with Crippen molar-refractivity contribution in [3.05, 3.63) is 46.9 Å². The summed E-state index contributed by atoms with van der Waals surface area (Å²) in [5.41, 5.74) is 5.81. The molecular formula is C22H27ClFN5O4. The molecule has 1 heterocycles. The third kappa shape index (κ3) is 7.26. The van der Waals surface area contributed by atoms with Crippen LogP contribution < -0.4 is 15.6 Å². The number of amides is 2. The number of halogens is 2. The predicted molar refractivity (Wildman–Crippen MR) is 119 cm³/mol. The summed E-state index contributed by atoms with van der Waals surface area (Å²) in [5.74, 6) is -1.89. The fraction of sp³-hybridized carbons (Fsp3) is 0.455. The average molecular weight is 480 g/mol. The molecule has 1 aromatic heterocycles. The van der Waals surface area contributed by atoms with E-state index in [-0.39, 0.29) is 25.0 Å². The van der Waals surface area contributed by atoms with Gasteiger partial charge in [-0.2, -0.15) is 14.4 Å². The van der Waals surface area contributed by atoms with E-state index in [0.29, 0.717) is 18.7 Å². The first-order valence-corrected chi connectivity index (χ1v) is 11.1. The molecule has 0 bridgehead atoms. The lowest BCUT2D eigenvalue weighted by atomic mass is 9.92. The zero-order valence-electron chi connectivity index (χ0n) is 18.3. The Bertz CT molecular complexity index is 931. The molecule has 33 heavy (non-hydrogen) atoms. The van der Waals surface area contributed by atoms with Gasteiger partial charge in [0.2, 0.25) is 18.1 Å². The molecule has 1 fully saturated rings. The van der Waals surface area contributed by atoms with Crippen LogP contribution in [0.3, 0.4) is 0 Å². The Kier molecular flexibility index (Phi) is 9.20. The van der Waals surface area contributed by atoms with Crippen molar-refractivity contribution >= 4 is 29.7 Å². The number of anilines is 1. The van der Waals surface area contributed by atoms with Gasteiger partial charge in [0.1, 0.15) is 6.61 Å². The van der Waals surface area contributed by atoms with Crippen LogP contribution in [0.1, 0.15) is 37.7 Å². The van der Waals surface area contributed by atoms with Crippen LogP contribution in [0.2, 0.25) is 5.15 Å². The molecule has 1 atom stereocenters. The Hall–Kier alpha value is -2.98. The number of carbonyl (C=O) groups is 2. The van der Waals surface area contributed by atoms with Gasteiger partial charge in [0.15, 0.2) is 11.0 Å². The molecule has 11 heteroatoms. The number of hydrazine groups is 1. The van der Waals surface area contributed by atoms with E-state index in [2.05, 4.69) is 20.8 Å². The maximum atomic E-state index is 14.2. The van der Waals surface area contributed by atoms with Gasteiger partial charge in [0.05, 0.1) is 19.6 Å². The molecular weight excluding hydrogens is 453 g/mol. The van der Waals surface area contributed by atoms with Gasteiger partial charge in [0, 0.05) is 0 Å². The number of benzene rings is 1. The van der Waals surface area contributed by atoms with E-state index < -0.39 is 22.8 Å². The number of ether oxygens (including phenoxy) is 1. The summed E-state index contributed by atoms with van der Waals surface area (Å²) < 4.78 is 19.1. The fourth-order valence-electron chi connectivity index (χ4n) is 3.79. The van der Waals surface area contributed by atoms with Crippen molar-refractivity contribution in [2.75, 3.05) is 19.1 Å². The van der Waals surface area contributed by atoms with Crippen LogP contribution in [0.4, 0.5) is 10.2 Å². The van der Waals surface area contributed by atoms with Crippen LogP contribution >= 0.6 is 11.6 Å². The highest BCUT2D eigenvalue weighted by Gasteiger charge is 2.28. The van der Waals surface area contributed by atoms with Crippen molar-refractivity contribution in [3.63, 3.8) is 0 Å². The minimum Gasteiger partial charge on any atom is -0.467 e. The summed E-state index contributed by atoms with van der Waals surface area (Å²) >= 11 is 5.74. The Morgan fingerprint density at radius 2 is 2.03 bits per heavy atom. The summed E-state index contributed by atoms with van der Waals surface area (Å²) in [6, 6.07) is 9.25. The number of nitrogens with zero attached hydrogens (tertiary/aromatic N) is 3. The van der Waals surface area contributed by atoms with Crippen molar-refractivity contribution in [1.82, 2.24) is 20.5 Å². The van der Waals surface area contributed by atoms with Gasteiger partial charge < -0.3 is 4.74 Å². The van der Waals surface area contributed by atoms with Crippen LogP contribution in [0.5, 0.6) is 6.01 Å². The third-order valence-electron chi connectivity index (χ3n) is 5.50. The molecule has 2 aromatic rings. The highest BCUT2D eigenvalue weighted by molar-refractivity contribution is 6.29. The minimum absolute atomic E-state index is 0.0523. The van der Waals surface area contributed by atoms with E-state index >= 15 is 0 Å². The summed E-state index contributed by atoms with van der Waals surface area (Å²) in [5, 5.41) is 0.680. The number of hydrogen-bond donors (Lipinski definition) is 2. The highest BCUT2D eigenvalue weighted by Crippen LogP contribution is 2.31. The largest absolute Gasteiger partial charge is 0.467 e. The number of hydrogen-bond acceptors (Lipinski definition) is 7. The Labute approximate surface area is 196 Å². The quantitative estimate of drug-likeness (QED) is 0.272. The van der Waals surface area contributed by atoms with Crippen LogP contribution in [-0.2, 0) is 21.0 Å². The minimum atomic E-state index is -0.925. The number of methoxy groups -OCH3 is 1. The summed E-state index contributed by atoms with van der Waals surface area (Å²) in [6.07, 6.45) is 5.41. The SMILES string of the molecule is COc1nc(Cl)c(F)c(NNC(=O)[C@@H](CC2CCCC2)CN(C=O)OCc2ccccc2)n1. The smallest absolute Gasteiger partial charge is 0.319 e. The second-order valence-electron chi connectivity index (χ2n) is 7.83. The Balaban J connectivity index is 1.65. The molecule has 0 spiro atoms. The first-order valence-electron chi connectivity index (χ1n) is 10.7. The maximum absolute atomic E-state index is 14.2. The molecule has 1 saturated carbocycles. The second kappa shape index (κ2) is 12.3. The van der Waals surface area contributed by atoms with Crippen LogP contribution in [0.25, 0.3) is 0 Å². The number of aromatic nitrogens is 2. The van der Waals surface area contributed by atoms with E-state index in [0.717, 1.165) is 36.3 Å². The van der Waals surface area contributed by atoms with Crippen molar-refractivity contribution in [3.8, 4) is 6.01 Å². The maximum Gasteiger partial charge on any atom is 0.319 e. The van der Waals surface area contributed by atoms with Gasteiger partial charge in [-0.25, -0.2) is 5.06 Å². The van der Waals surface area contributed by atoms with E-state index in [1.165, 1.54) is 7.11 Å². The van der Waals surface area contributed by atoms with Crippen LogP contribution in [-0.4, -0.2) is 41.0 Å². The molecule has 3 rings (SSSR count). The number of carbonyl (C=O) groups excluding carboxylic acids is 2. The van der Waals surface area contributed by atoms with E-state index in [9.17, 15) is 14.0 Å². The lowest BCUT2D eigenvalue weighted by Crippen LogP contribution is -2.42. The molecule has 1 aromatic carbocycles. The zero-order chi connectivity index (χ0) is 23.6. The van der Waals surface area contributed by atoms with Crippen molar-refractivity contribution < 1.29 is 23.6 Å². The molecule has 2 amide bonds. The van der Waals surface area contributed by atoms with Gasteiger partial charge >= 0.3 is 6.01 Å². The van der Waals surface area contributed by atoms with Gasteiger partial charge in [-0.05, 0) is 17.9 Å². The fourth-order valence-corrected chi connectivity index (χ4v) is 3.95. The number of hydroxylamine groups is 2. The van der Waals surface area contributed by atoms with Crippen LogP contribution in [0.15, 0.2) is 30.3 Å².